The summed E-state index contributed by atoms with van der Waals surface area (Å²) in [5.74, 6) is 0.136. The van der Waals surface area contributed by atoms with Crippen LogP contribution < -0.4 is 10.1 Å². The summed E-state index contributed by atoms with van der Waals surface area (Å²) in [5, 5.41) is 2.61. The number of benzene rings is 1. The van der Waals surface area contributed by atoms with E-state index in [4.69, 9.17) is 4.74 Å². The normalized spacial score (nSPS) is 9.77. The molecule has 0 aliphatic rings. The predicted molar refractivity (Wildman–Crippen MR) is 47.4 cm³/mol. The second-order valence-electron chi connectivity index (χ2n) is 2.46. The van der Waals surface area contributed by atoms with E-state index >= 15 is 0 Å². The molecule has 0 aliphatic carbocycles. The lowest BCUT2D eigenvalue weighted by atomic mass is 10.3. The largest absolute Gasteiger partial charge is 0.497 e. The van der Waals surface area contributed by atoms with E-state index in [1.165, 1.54) is 25.3 Å². The number of rotatable bonds is 4. The number of hydrogen-bond donors (Lipinski definition) is 1. The van der Waals surface area contributed by atoms with Gasteiger partial charge in [-0.15, -0.1) is 0 Å². The molecule has 1 aromatic rings. The number of anilines is 1. The molecule has 1 N–H and O–H groups in total. The Morgan fingerprint density at radius 2 is 2.23 bits per heavy atom. The first-order chi connectivity index (χ1) is 6.27. The van der Waals surface area contributed by atoms with Crippen LogP contribution in [0, 0.1) is 5.82 Å². The van der Waals surface area contributed by atoms with Crippen LogP contribution in [0.4, 0.5) is 14.5 Å². The van der Waals surface area contributed by atoms with E-state index in [0.717, 1.165) is 0 Å². The fourth-order valence-electron chi connectivity index (χ4n) is 0.949. The Hall–Kier alpha value is -1.32. The summed E-state index contributed by atoms with van der Waals surface area (Å²) < 4.78 is 29.7. The van der Waals surface area contributed by atoms with Gasteiger partial charge in [0.15, 0.2) is 0 Å². The Bertz CT molecular complexity index is 278. The molecule has 0 unspecified atom stereocenters. The fraction of sp³-hybridized carbons (Fsp3) is 0.333. The fourth-order valence-corrected chi connectivity index (χ4v) is 0.949. The smallest absolute Gasteiger partial charge is 0.146 e. The molecular weight excluding hydrogens is 176 g/mol. The Morgan fingerprint density at radius 1 is 1.46 bits per heavy atom. The van der Waals surface area contributed by atoms with Crippen molar-refractivity contribution < 1.29 is 13.5 Å². The van der Waals surface area contributed by atoms with Crippen molar-refractivity contribution in [3.8, 4) is 5.75 Å². The van der Waals surface area contributed by atoms with Crippen LogP contribution in [-0.4, -0.2) is 20.3 Å². The highest BCUT2D eigenvalue weighted by Gasteiger charge is 2.02. The Kier molecular flexibility index (Phi) is 3.49. The van der Waals surface area contributed by atoms with Gasteiger partial charge in [-0.25, -0.2) is 8.78 Å². The Morgan fingerprint density at radius 3 is 2.85 bits per heavy atom. The maximum absolute atomic E-state index is 13.0. The Balaban J connectivity index is 2.78. The van der Waals surface area contributed by atoms with E-state index in [2.05, 4.69) is 5.32 Å². The van der Waals surface area contributed by atoms with Crippen molar-refractivity contribution in [2.75, 3.05) is 25.6 Å². The summed E-state index contributed by atoms with van der Waals surface area (Å²) in [6.07, 6.45) is 0. The number of hydrogen-bond acceptors (Lipinski definition) is 2. The second kappa shape index (κ2) is 4.64. The van der Waals surface area contributed by atoms with Crippen molar-refractivity contribution in [1.29, 1.82) is 0 Å². The molecule has 0 aliphatic heterocycles. The van der Waals surface area contributed by atoms with Crippen LogP contribution in [0.5, 0.6) is 5.75 Å². The molecule has 0 saturated heterocycles. The highest BCUT2D eigenvalue weighted by molar-refractivity contribution is 5.49. The summed E-state index contributed by atoms with van der Waals surface area (Å²) in [6, 6.07) is 4.28. The minimum Gasteiger partial charge on any atom is -0.497 e. The zero-order valence-electron chi connectivity index (χ0n) is 7.31. The van der Waals surface area contributed by atoms with Gasteiger partial charge in [0.25, 0.3) is 0 Å². The zero-order valence-corrected chi connectivity index (χ0v) is 7.31. The number of ether oxygens (including phenoxy) is 1. The van der Waals surface area contributed by atoms with Crippen molar-refractivity contribution in [2.24, 2.45) is 0 Å². The average molecular weight is 187 g/mol. The van der Waals surface area contributed by atoms with Gasteiger partial charge in [0, 0.05) is 12.6 Å². The highest BCUT2D eigenvalue weighted by atomic mass is 19.1. The van der Waals surface area contributed by atoms with Gasteiger partial charge in [-0.3, -0.25) is 0 Å². The molecule has 13 heavy (non-hydrogen) atoms. The third kappa shape index (κ3) is 2.57. The lowest BCUT2D eigenvalue weighted by Crippen LogP contribution is -2.04. The Labute approximate surface area is 75.5 Å². The van der Waals surface area contributed by atoms with Crippen molar-refractivity contribution in [1.82, 2.24) is 0 Å². The topological polar surface area (TPSA) is 21.3 Å². The molecule has 0 atom stereocenters. The molecule has 1 aromatic carbocycles. The third-order valence-corrected chi connectivity index (χ3v) is 1.58. The van der Waals surface area contributed by atoms with Crippen LogP contribution in [0.15, 0.2) is 18.2 Å². The van der Waals surface area contributed by atoms with Crippen molar-refractivity contribution in [3.63, 3.8) is 0 Å². The van der Waals surface area contributed by atoms with Crippen LogP contribution in [0.2, 0.25) is 0 Å². The maximum Gasteiger partial charge on any atom is 0.146 e. The van der Waals surface area contributed by atoms with E-state index in [-0.39, 0.29) is 12.2 Å². The van der Waals surface area contributed by atoms with Crippen LogP contribution in [0.25, 0.3) is 0 Å². The second-order valence-corrected chi connectivity index (χ2v) is 2.46. The van der Waals surface area contributed by atoms with Gasteiger partial charge in [-0.2, -0.15) is 0 Å². The van der Waals surface area contributed by atoms with Gasteiger partial charge in [0.2, 0.25) is 0 Å². The SMILES string of the molecule is COc1ccc(F)c(NCCF)c1. The maximum atomic E-state index is 13.0. The monoisotopic (exact) mass is 187 g/mol. The lowest BCUT2D eigenvalue weighted by Gasteiger charge is -2.07. The molecule has 0 heterocycles. The van der Waals surface area contributed by atoms with Crippen molar-refractivity contribution in [3.05, 3.63) is 24.0 Å². The van der Waals surface area contributed by atoms with E-state index < -0.39 is 12.5 Å². The van der Waals surface area contributed by atoms with Crippen molar-refractivity contribution >= 4 is 5.69 Å². The van der Waals surface area contributed by atoms with E-state index in [1.807, 2.05) is 0 Å². The summed E-state index contributed by atoms with van der Waals surface area (Å²) in [7, 11) is 1.49. The van der Waals surface area contributed by atoms with E-state index in [0.29, 0.717) is 5.75 Å². The van der Waals surface area contributed by atoms with Gasteiger partial charge < -0.3 is 10.1 Å². The number of alkyl halides is 1. The first kappa shape index (κ1) is 9.77. The molecule has 0 aromatic heterocycles. The first-order valence-corrected chi connectivity index (χ1v) is 3.91. The van der Waals surface area contributed by atoms with Gasteiger partial charge in [-0.05, 0) is 12.1 Å². The first-order valence-electron chi connectivity index (χ1n) is 3.91. The molecule has 72 valence electrons. The van der Waals surface area contributed by atoms with Crippen LogP contribution in [0.3, 0.4) is 0 Å². The highest BCUT2D eigenvalue weighted by Crippen LogP contribution is 2.20. The lowest BCUT2D eigenvalue weighted by molar-refractivity contribution is 0.414. The number of methoxy groups -OCH3 is 1. The molecule has 0 radical (unpaired) electrons. The molecular formula is C9H11F2NO. The van der Waals surface area contributed by atoms with Crippen LogP contribution in [-0.2, 0) is 0 Å². The quantitative estimate of drug-likeness (QED) is 0.780. The molecule has 0 spiro atoms. The number of halogens is 2. The van der Waals surface area contributed by atoms with E-state index in [1.54, 1.807) is 0 Å². The van der Waals surface area contributed by atoms with Crippen LogP contribution >= 0.6 is 0 Å². The molecule has 2 nitrogen and oxygen atoms in total. The predicted octanol–water partition coefficient (Wildman–Crippen LogP) is 2.22. The molecule has 0 bridgehead atoms. The van der Waals surface area contributed by atoms with Crippen LogP contribution in [0.1, 0.15) is 0 Å². The minimum atomic E-state index is -0.531. The summed E-state index contributed by atoms with van der Waals surface area (Å²) in [5.41, 5.74) is 0.261. The summed E-state index contributed by atoms with van der Waals surface area (Å²) >= 11 is 0. The molecule has 0 amide bonds. The molecule has 4 heteroatoms. The standard InChI is InChI=1S/C9H11F2NO/c1-13-7-2-3-8(11)9(6-7)12-5-4-10/h2-3,6,12H,4-5H2,1H3. The van der Waals surface area contributed by atoms with Gasteiger partial charge in [0.05, 0.1) is 12.8 Å². The summed E-state index contributed by atoms with van der Waals surface area (Å²) in [6.45, 7) is -0.430. The van der Waals surface area contributed by atoms with Crippen molar-refractivity contribution in [2.45, 2.75) is 0 Å². The van der Waals surface area contributed by atoms with Gasteiger partial charge in [0.1, 0.15) is 18.2 Å². The molecule has 0 saturated carbocycles. The molecule has 0 fully saturated rings. The minimum absolute atomic E-state index is 0.101. The summed E-state index contributed by atoms with van der Waals surface area (Å²) in [4.78, 5) is 0. The average Bonchev–Trinajstić information content (AvgIpc) is 2.17. The third-order valence-electron chi connectivity index (χ3n) is 1.58. The zero-order chi connectivity index (χ0) is 9.68. The number of nitrogens with one attached hydrogen (secondary N) is 1. The van der Waals surface area contributed by atoms with Gasteiger partial charge in [-0.1, -0.05) is 0 Å². The molecule has 1 rings (SSSR count). The van der Waals surface area contributed by atoms with E-state index in [9.17, 15) is 8.78 Å². The van der Waals surface area contributed by atoms with Gasteiger partial charge >= 0.3 is 0 Å².